The average Bonchev–Trinajstić information content (AvgIpc) is 2.80. The van der Waals surface area contributed by atoms with E-state index in [0.717, 1.165) is 11.1 Å². The van der Waals surface area contributed by atoms with Crippen molar-refractivity contribution in [3.63, 3.8) is 0 Å². The number of esters is 1. The van der Waals surface area contributed by atoms with Gasteiger partial charge in [-0.2, -0.15) is 0 Å². The van der Waals surface area contributed by atoms with Crippen LogP contribution in [0.4, 0.5) is 5.69 Å². The second-order valence-electron chi connectivity index (χ2n) is 6.65. The third kappa shape index (κ3) is 6.00. The number of rotatable bonds is 8. The van der Waals surface area contributed by atoms with Crippen molar-refractivity contribution >= 4 is 27.6 Å². The molecule has 0 fully saturated rings. The highest BCUT2D eigenvalue weighted by Gasteiger charge is 2.15. The van der Waals surface area contributed by atoms with Gasteiger partial charge < -0.3 is 10.1 Å². The van der Waals surface area contributed by atoms with Crippen molar-refractivity contribution in [3.05, 3.63) is 84.4 Å². The summed E-state index contributed by atoms with van der Waals surface area (Å²) in [6, 6.07) is 22.8. The molecule has 3 aromatic carbocycles. The molecule has 8 heteroatoms. The number of hydrogen-bond acceptors (Lipinski definition) is 5. The Bertz CT molecular complexity index is 1140. The Labute approximate surface area is 181 Å². The van der Waals surface area contributed by atoms with Crippen molar-refractivity contribution < 1.29 is 22.7 Å². The summed E-state index contributed by atoms with van der Waals surface area (Å²) in [5.41, 5.74) is 3.02. The van der Waals surface area contributed by atoms with Crippen LogP contribution >= 0.6 is 0 Å². The largest absolute Gasteiger partial charge is 0.469 e. The first-order chi connectivity index (χ1) is 14.9. The molecule has 0 aliphatic carbocycles. The highest BCUT2D eigenvalue weighted by Crippen LogP contribution is 2.20. The summed E-state index contributed by atoms with van der Waals surface area (Å²) >= 11 is 0. The minimum Gasteiger partial charge on any atom is -0.469 e. The van der Waals surface area contributed by atoms with Crippen molar-refractivity contribution in [2.24, 2.45) is 0 Å². The maximum Gasteiger partial charge on any atom is 0.306 e. The Morgan fingerprint density at radius 3 is 2.06 bits per heavy atom. The first-order valence-electron chi connectivity index (χ1n) is 9.52. The van der Waals surface area contributed by atoms with E-state index in [2.05, 4.69) is 14.8 Å². The molecular weight excluding hydrogens is 416 g/mol. The third-order valence-electron chi connectivity index (χ3n) is 4.53. The molecule has 0 atom stereocenters. The fourth-order valence-electron chi connectivity index (χ4n) is 2.84. The number of amides is 1. The molecule has 0 saturated carbocycles. The summed E-state index contributed by atoms with van der Waals surface area (Å²) in [7, 11) is -2.53. The maximum atomic E-state index is 12.5. The molecule has 0 radical (unpaired) electrons. The standard InChI is InChI=1S/C23H22N2O5S/c1-30-22(26)15-16-24-31(28,29)21-13-11-20(12-14-21)25-23(27)19-9-7-18(8-10-19)17-5-3-2-4-6-17/h2-14,24H,15-16H2,1H3,(H,25,27). The first kappa shape index (κ1) is 22.2. The molecule has 31 heavy (non-hydrogen) atoms. The van der Waals surface area contributed by atoms with Crippen LogP contribution in [0.2, 0.25) is 0 Å². The van der Waals surface area contributed by atoms with Gasteiger partial charge in [-0.05, 0) is 47.5 Å². The van der Waals surface area contributed by atoms with E-state index in [1.165, 1.54) is 31.4 Å². The zero-order valence-corrected chi connectivity index (χ0v) is 17.7. The van der Waals surface area contributed by atoms with Crippen LogP contribution in [0.1, 0.15) is 16.8 Å². The maximum absolute atomic E-state index is 12.5. The lowest BCUT2D eigenvalue weighted by atomic mass is 10.0. The van der Waals surface area contributed by atoms with E-state index in [0.29, 0.717) is 11.3 Å². The van der Waals surface area contributed by atoms with Crippen LogP contribution in [0.25, 0.3) is 11.1 Å². The Balaban J connectivity index is 1.61. The quantitative estimate of drug-likeness (QED) is 0.525. The molecule has 0 unspecified atom stereocenters. The van der Waals surface area contributed by atoms with Crippen LogP contribution in [0, 0.1) is 0 Å². The Morgan fingerprint density at radius 2 is 1.45 bits per heavy atom. The van der Waals surface area contributed by atoms with Crippen LogP contribution in [0.5, 0.6) is 0 Å². The van der Waals surface area contributed by atoms with Crippen molar-refractivity contribution in [1.29, 1.82) is 0 Å². The topological polar surface area (TPSA) is 102 Å². The van der Waals surface area contributed by atoms with Gasteiger partial charge in [-0.3, -0.25) is 9.59 Å². The molecule has 0 aliphatic rings. The average molecular weight is 439 g/mol. The van der Waals surface area contributed by atoms with Crippen molar-refractivity contribution in [2.45, 2.75) is 11.3 Å². The number of methoxy groups -OCH3 is 1. The molecule has 0 spiro atoms. The monoisotopic (exact) mass is 438 g/mol. The van der Waals surface area contributed by atoms with Crippen molar-refractivity contribution in [1.82, 2.24) is 4.72 Å². The van der Waals surface area contributed by atoms with Gasteiger partial charge >= 0.3 is 5.97 Å². The summed E-state index contributed by atoms with van der Waals surface area (Å²) in [6.45, 7) is -0.0630. The summed E-state index contributed by atoms with van der Waals surface area (Å²) in [5, 5.41) is 2.75. The zero-order valence-electron chi connectivity index (χ0n) is 16.9. The molecule has 160 valence electrons. The molecule has 0 saturated heterocycles. The van der Waals surface area contributed by atoms with Gasteiger partial charge in [-0.1, -0.05) is 42.5 Å². The predicted octanol–water partition coefficient (Wildman–Crippen LogP) is 3.45. The van der Waals surface area contributed by atoms with Gasteiger partial charge in [0.1, 0.15) is 0 Å². The summed E-state index contributed by atoms with van der Waals surface area (Å²) in [4.78, 5) is 23.6. The van der Waals surface area contributed by atoms with Gasteiger partial charge in [0.25, 0.3) is 5.91 Å². The van der Waals surface area contributed by atoms with E-state index in [-0.39, 0.29) is 23.8 Å². The van der Waals surface area contributed by atoms with E-state index in [1.54, 1.807) is 12.1 Å². The molecular formula is C23H22N2O5S. The molecule has 3 rings (SSSR count). The zero-order chi connectivity index (χ0) is 22.3. The number of nitrogens with one attached hydrogen (secondary N) is 2. The molecule has 0 heterocycles. The Morgan fingerprint density at radius 1 is 0.839 bits per heavy atom. The van der Waals surface area contributed by atoms with Gasteiger partial charge in [0.15, 0.2) is 0 Å². The minimum atomic E-state index is -3.76. The molecule has 0 bridgehead atoms. The normalized spacial score (nSPS) is 11.0. The lowest BCUT2D eigenvalue weighted by Crippen LogP contribution is -2.26. The predicted molar refractivity (Wildman–Crippen MR) is 118 cm³/mol. The third-order valence-corrected chi connectivity index (χ3v) is 6.00. The summed E-state index contributed by atoms with van der Waals surface area (Å²) < 4.78 is 31.3. The number of sulfonamides is 1. The van der Waals surface area contributed by atoms with E-state index in [9.17, 15) is 18.0 Å². The number of ether oxygens (including phenoxy) is 1. The second-order valence-corrected chi connectivity index (χ2v) is 8.41. The van der Waals surface area contributed by atoms with Gasteiger partial charge in [-0.15, -0.1) is 0 Å². The Hall–Kier alpha value is -3.49. The first-order valence-corrected chi connectivity index (χ1v) is 11.0. The van der Waals surface area contributed by atoms with E-state index >= 15 is 0 Å². The van der Waals surface area contributed by atoms with E-state index in [4.69, 9.17) is 0 Å². The van der Waals surface area contributed by atoms with E-state index in [1.807, 2.05) is 42.5 Å². The van der Waals surface area contributed by atoms with Gasteiger partial charge in [0.2, 0.25) is 10.0 Å². The second kappa shape index (κ2) is 10.0. The SMILES string of the molecule is COC(=O)CCNS(=O)(=O)c1ccc(NC(=O)c2ccc(-c3ccccc3)cc2)cc1. The lowest BCUT2D eigenvalue weighted by molar-refractivity contribution is -0.140. The van der Waals surface area contributed by atoms with Gasteiger partial charge in [0, 0.05) is 17.8 Å². The van der Waals surface area contributed by atoms with Crippen molar-refractivity contribution in [3.8, 4) is 11.1 Å². The molecule has 2 N–H and O–H groups in total. The number of hydrogen-bond donors (Lipinski definition) is 2. The fraction of sp³-hybridized carbons (Fsp3) is 0.130. The van der Waals surface area contributed by atoms with Crippen LogP contribution in [-0.4, -0.2) is 33.9 Å². The van der Waals surface area contributed by atoms with E-state index < -0.39 is 16.0 Å². The molecule has 3 aromatic rings. The number of anilines is 1. The highest BCUT2D eigenvalue weighted by molar-refractivity contribution is 7.89. The number of carbonyl (C=O) groups is 2. The van der Waals surface area contributed by atoms with Gasteiger partial charge in [0.05, 0.1) is 18.4 Å². The molecule has 0 aliphatic heterocycles. The summed E-state index contributed by atoms with van der Waals surface area (Å²) in [6.07, 6.45) is -0.0626. The fourth-order valence-corrected chi connectivity index (χ4v) is 3.87. The Kier molecular flexibility index (Phi) is 7.17. The highest BCUT2D eigenvalue weighted by atomic mass is 32.2. The molecule has 7 nitrogen and oxygen atoms in total. The summed E-state index contributed by atoms with van der Waals surface area (Å²) in [5.74, 6) is -0.802. The van der Waals surface area contributed by atoms with Gasteiger partial charge in [-0.25, -0.2) is 13.1 Å². The van der Waals surface area contributed by atoms with Crippen LogP contribution in [0.15, 0.2) is 83.8 Å². The number of carbonyl (C=O) groups excluding carboxylic acids is 2. The molecule has 0 aromatic heterocycles. The van der Waals surface area contributed by atoms with Crippen LogP contribution in [0.3, 0.4) is 0 Å². The van der Waals surface area contributed by atoms with Crippen LogP contribution in [-0.2, 0) is 19.6 Å². The minimum absolute atomic E-state index is 0.0302. The number of benzene rings is 3. The lowest BCUT2D eigenvalue weighted by Gasteiger charge is -2.09. The smallest absolute Gasteiger partial charge is 0.306 e. The van der Waals surface area contributed by atoms with Crippen LogP contribution < -0.4 is 10.0 Å². The van der Waals surface area contributed by atoms with Crippen molar-refractivity contribution in [2.75, 3.05) is 19.0 Å². The molecule has 1 amide bonds.